The van der Waals surface area contributed by atoms with Crippen molar-refractivity contribution >= 4 is 0 Å². The van der Waals surface area contributed by atoms with Crippen molar-refractivity contribution in [2.24, 2.45) is 0 Å². The molecule has 2 aromatic rings. The number of hydrogen-bond donors (Lipinski definition) is 0. The maximum absolute atomic E-state index is 5.47. The van der Waals surface area contributed by atoms with Gasteiger partial charge in [0.25, 0.3) is 0 Å². The standard InChI is InChI=1S/2C12H15NO3.H2O/c2*1-13-4-3-8-5-10-12(16-7-15-10)11(14-2)9(8)6-13;/h2*5H,3-4,6-7H2,1-2H3;1H2. The van der Waals surface area contributed by atoms with Gasteiger partial charge in [0.15, 0.2) is 23.0 Å². The number of methoxy groups -OCH3 is 2. The van der Waals surface area contributed by atoms with Gasteiger partial charge in [-0.2, -0.15) is 0 Å². The Morgan fingerprint density at radius 2 is 1.12 bits per heavy atom. The summed E-state index contributed by atoms with van der Waals surface area (Å²) in [6, 6.07) is 4.18. The number of rotatable bonds is 2. The molecule has 2 aromatic carbocycles. The minimum absolute atomic E-state index is 0. The van der Waals surface area contributed by atoms with Gasteiger partial charge in [-0.3, -0.25) is 0 Å². The van der Waals surface area contributed by atoms with E-state index in [1.807, 2.05) is 0 Å². The fourth-order valence-electron chi connectivity index (χ4n) is 4.75. The Morgan fingerprint density at radius 3 is 1.52 bits per heavy atom. The largest absolute Gasteiger partial charge is 0.492 e. The van der Waals surface area contributed by atoms with Gasteiger partial charge in [-0.1, -0.05) is 0 Å². The third kappa shape index (κ3) is 4.23. The third-order valence-electron chi connectivity index (χ3n) is 6.42. The predicted molar refractivity (Wildman–Crippen MR) is 122 cm³/mol. The van der Waals surface area contributed by atoms with E-state index in [1.165, 1.54) is 22.3 Å². The Balaban J connectivity index is 0.000000152. The zero-order chi connectivity index (χ0) is 22.2. The van der Waals surface area contributed by atoms with Crippen LogP contribution in [0.5, 0.6) is 34.5 Å². The van der Waals surface area contributed by atoms with Crippen molar-refractivity contribution in [3.05, 3.63) is 34.4 Å². The van der Waals surface area contributed by atoms with Crippen molar-refractivity contribution in [1.82, 2.24) is 9.80 Å². The number of ether oxygens (including phenoxy) is 6. The highest BCUT2D eigenvalue weighted by Crippen LogP contribution is 2.47. The molecule has 0 aliphatic carbocycles. The Hall–Kier alpha value is -2.88. The molecule has 0 atom stereocenters. The fourth-order valence-corrected chi connectivity index (χ4v) is 4.75. The average Bonchev–Trinajstić information content (AvgIpc) is 3.45. The van der Waals surface area contributed by atoms with Crippen LogP contribution in [0.25, 0.3) is 0 Å². The van der Waals surface area contributed by atoms with Crippen molar-refractivity contribution < 1.29 is 33.9 Å². The van der Waals surface area contributed by atoms with E-state index in [2.05, 4.69) is 36.0 Å². The highest BCUT2D eigenvalue weighted by Gasteiger charge is 2.28. The summed E-state index contributed by atoms with van der Waals surface area (Å²) in [4.78, 5) is 4.57. The molecule has 9 heteroatoms. The summed E-state index contributed by atoms with van der Waals surface area (Å²) < 4.78 is 32.7. The second-order valence-corrected chi connectivity index (χ2v) is 8.54. The Kier molecular flexibility index (Phi) is 6.73. The summed E-state index contributed by atoms with van der Waals surface area (Å²) in [5.74, 6) is 4.85. The van der Waals surface area contributed by atoms with Crippen LogP contribution in [-0.2, 0) is 25.9 Å². The van der Waals surface area contributed by atoms with Gasteiger partial charge in [-0.05, 0) is 50.2 Å². The summed E-state index contributed by atoms with van der Waals surface area (Å²) in [6.07, 6.45) is 2.08. The van der Waals surface area contributed by atoms with Crippen LogP contribution in [0.15, 0.2) is 12.1 Å². The Morgan fingerprint density at radius 1 is 0.697 bits per heavy atom. The predicted octanol–water partition coefficient (Wildman–Crippen LogP) is 2.00. The van der Waals surface area contributed by atoms with E-state index in [9.17, 15) is 0 Å². The molecule has 0 aromatic heterocycles. The maximum Gasteiger partial charge on any atom is 0.231 e. The number of nitrogens with zero attached hydrogens (tertiary/aromatic N) is 2. The van der Waals surface area contributed by atoms with Crippen LogP contribution in [-0.4, -0.2) is 70.3 Å². The van der Waals surface area contributed by atoms with E-state index >= 15 is 0 Å². The van der Waals surface area contributed by atoms with Gasteiger partial charge in [-0.15, -0.1) is 0 Å². The first-order chi connectivity index (χ1) is 15.6. The first kappa shape index (κ1) is 23.3. The molecule has 0 radical (unpaired) electrons. The van der Waals surface area contributed by atoms with E-state index in [4.69, 9.17) is 28.4 Å². The summed E-state index contributed by atoms with van der Waals surface area (Å²) in [5, 5.41) is 0. The quantitative estimate of drug-likeness (QED) is 0.672. The number of fused-ring (bicyclic) bond motifs is 4. The molecule has 0 spiro atoms. The SMILES string of the molecule is COc1c2c(cc3c1OCO3)CCN(C)C2.COc1c2c(cc3c1OCO3)CCN(C)C2.O. The lowest BCUT2D eigenvalue weighted by Gasteiger charge is -2.26. The molecule has 2 N–H and O–H groups in total. The maximum atomic E-state index is 5.47. The van der Waals surface area contributed by atoms with E-state index in [1.54, 1.807) is 14.2 Å². The lowest BCUT2D eigenvalue weighted by atomic mass is 9.98. The molecular formula is C24H32N2O7. The third-order valence-corrected chi connectivity index (χ3v) is 6.42. The van der Waals surface area contributed by atoms with Crippen molar-refractivity contribution in [3.63, 3.8) is 0 Å². The molecule has 0 unspecified atom stereocenters. The highest BCUT2D eigenvalue weighted by atomic mass is 16.7. The van der Waals surface area contributed by atoms with Gasteiger partial charge in [0.05, 0.1) is 14.2 Å². The van der Waals surface area contributed by atoms with Gasteiger partial charge in [-0.25, -0.2) is 0 Å². The van der Waals surface area contributed by atoms with Gasteiger partial charge < -0.3 is 43.7 Å². The monoisotopic (exact) mass is 460 g/mol. The van der Waals surface area contributed by atoms with E-state index in [0.717, 1.165) is 73.5 Å². The topological polar surface area (TPSA) is 93.4 Å². The summed E-state index contributed by atoms with van der Waals surface area (Å²) >= 11 is 0. The number of likely N-dealkylation sites (N-methyl/N-ethyl adjacent to an activating group) is 2. The zero-order valence-corrected chi connectivity index (χ0v) is 19.7. The highest BCUT2D eigenvalue weighted by molar-refractivity contribution is 5.61. The first-order valence-corrected chi connectivity index (χ1v) is 10.9. The van der Waals surface area contributed by atoms with Crippen molar-refractivity contribution in [2.45, 2.75) is 25.9 Å². The molecule has 0 fully saturated rings. The van der Waals surface area contributed by atoms with Crippen LogP contribution in [0.2, 0.25) is 0 Å². The molecule has 0 saturated heterocycles. The summed E-state index contributed by atoms with van der Waals surface area (Å²) in [6.45, 7) is 4.57. The van der Waals surface area contributed by atoms with E-state index in [0.29, 0.717) is 13.6 Å². The molecule has 9 nitrogen and oxygen atoms in total. The molecule has 6 rings (SSSR count). The first-order valence-electron chi connectivity index (χ1n) is 10.9. The number of benzene rings is 2. The molecule has 0 saturated carbocycles. The molecule has 180 valence electrons. The van der Waals surface area contributed by atoms with Crippen LogP contribution in [0, 0.1) is 0 Å². The fraction of sp³-hybridized carbons (Fsp3) is 0.500. The van der Waals surface area contributed by atoms with Crippen LogP contribution in [0.3, 0.4) is 0 Å². The van der Waals surface area contributed by atoms with E-state index < -0.39 is 0 Å². The van der Waals surface area contributed by atoms with Crippen LogP contribution in [0.4, 0.5) is 0 Å². The van der Waals surface area contributed by atoms with Gasteiger partial charge in [0.1, 0.15) is 0 Å². The van der Waals surface area contributed by atoms with Crippen molar-refractivity contribution in [3.8, 4) is 34.5 Å². The molecular weight excluding hydrogens is 428 g/mol. The molecule has 0 bridgehead atoms. The summed E-state index contributed by atoms with van der Waals surface area (Å²) in [7, 11) is 7.61. The van der Waals surface area contributed by atoms with Crippen molar-refractivity contribution in [2.75, 3.05) is 55.0 Å². The minimum Gasteiger partial charge on any atom is -0.492 e. The van der Waals surface area contributed by atoms with Crippen LogP contribution in [0.1, 0.15) is 22.3 Å². The second-order valence-electron chi connectivity index (χ2n) is 8.54. The zero-order valence-electron chi connectivity index (χ0n) is 19.7. The lowest BCUT2D eigenvalue weighted by Crippen LogP contribution is -2.26. The second kappa shape index (κ2) is 9.54. The van der Waals surface area contributed by atoms with E-state index in [-0.39, 0.29) is 5.48 Å². The lowest BCUT2D eigenvalue weighted by molar-refractivity contribution is 0.170. The molecule has 4 heterocycles. The average molecular weight is 461 g/mol. The number of hydrogen-bond acceptors (Lipinski definition) is 8. The minimum atomic E-state index is 0. The molecule has 4 aliphatic heterocycles. The molecule has 33 heavy (non-hydrogen) atoms. The van der Waals surface area contributed by atoms with Gasteiger partial charge >= 0.3 is 0 Å². The molecule has 0 amide bonds. The summed E-state index contributed by atoms with van der Waals surface area (Å²) in [5.41, 5.74) is 5.11. The smallest absolute Gasteiger partial charge is 0.231 e. The molecule has 4 aliphatic rings. The van der Waals surface area contributed by atoms with Crippen LogP contribution < -0.4 is 28.4 Å². The Labute approximate surface area is 194 Å². The normalized spacial score (nSPS) is 17.8. The van der Waals surface area contributed by atoms with Gasteiger partial charge in [0, 0.05) is 37.3 Å². The van der Waals surface area contributed by atoms with Gasteiger partial charge in [0.2, 0.25) is 25.1 Å². The van der Waals surface area contributed by atoms with Crippen LogP contribution >= 0.6 is 0 Å². The Bertz CT molecular complexity index is 945. The van der Waals surface area contributed by atoms with Crippen molar-refractivity contribution in [1.29, 1.82) is 0 Å².